The molecule has 0 saturated heterocycles. The molecular formula is C16H33NO3. The summed E-state index contributed by atoms with van der Waals surface area (Å²) < 4.78 is 16.0. The van der Waals surface area contributed by atoms with Crippen LogP contribution in [0, 0.1) is 11.3 Å². The van der Waals surface area contributed by atoms with Crippen LogP contribution in [-0.2, 0) is 14.2 Å². The Morgan fingerprint density at radius 3 is 2.45 bits per heavy atom. The zero-order valence-electron chi connectivity index (χ0n) is 13.4. The third-order valence-corrected chi connectivity index (χ3v) is 4.63. The van der Waals surface area contributed by atoms with Gasteiger partial charge in [-0.3, -0.25) is 0 Å². The molecule has 1 fully saturated rings. The highest BCUT2D eigenvalue weighted by atomic mass is 16.5. The summed E-state index contributed by atoms with van der Waals surface area (Å²) in [6.45, 7) is 6.52. The van der Waals surface area contributed by atoms with Gasteiger partial charge in [0.25, 0.3) is 0 Å². The summed E-state index contributed by atoms with van der Waals surface area (Å²) in [7, 11) is 1.68. The predicted molar refractivity (Wildman–Crippen MR) is 81.9 cm³/mol. The van der Waals surface area contributed by atoms with Gasteiger partial charge in [0.05, 0.1) is 26.4 Å². The smallest absolute Gasteiger partial charge is 0.0701 e. The van der Waals surface area contributed by atoms with E-state index in [0.717, 1.165) is 25.5 Å². The molecule has 1 aliphatic rings. The van der Waals surface area contributed by atoms with Crippen molar-refractivity contribution >= 4 is 0 Å². The van der Waals surface area contributed by atoms with Crippen LogP contribution in [0.1, 0.15) is 45.4 Å². The second kappa shape index (κ2) is 10.6. The molecule has 0 radical (unpaired) electrons. The number of methoxy groups -OCH3 is 1. The van der Waals surface area contributed by atoms with Crippen LogP contribution in [0.3, 0.4) is 0 Å². The number of rotatable bonds is 11. The van der Waals surface area contributed by atoms with Crippen molar-refractivity contribution in [3.05, 3.63) is 0 Å². The molecule has 2 unspecified atom stereocenters. The van der Waals surface area contributed by atoms with Crippen molar-refractivity contribution in [2.75, 3.05) is 46.7 Å². The number of hydrogen-bond donors (Lipinski definition) is 1. The average molecular weight is 287 g/mol. The van der Waals surface area contributed by atoms with Crippen LogP contribution in [0.2, 0.25) is 0 Å². The van der Waals surface area contributed by atoms with Gasteiger partial charge in [-0.2, -0.15) is 0 Å². The van der Waals surface area contributed by atoms with Crippen LogP contribution in [0.25, 0.3) is 0 Å². The highest BCUT2D eigenvalue weighted by Crippen LogP contribution is 2.42. The maximum Gasteiger partial charge on any atom is 0.0701 e. The number of nitrogens with two attached hydrogens (primary N) is 1. The van der Waals surface area contributed by atoms with Crippen LogP contribution in [0.5, 0.6) is 0 Å². The molecule has 2 N–H and O–H groups in total. The van der Waals surface area contributed by atoms with Gasteiger partial charge in [0.2, 0.25) is 0 Å². The van der Waals surface area contributed by atoms with E-state index in [0.29, 0.717) is 31.8 Å². The van der Waals surface area contributed by atoms with Crippen LogP contribution in [0.4, 0.5) is 0 Å². The van der Waals surface area contributed by atoms with E-state index < -0.39 is 0 Å². The molecule has 1 saturated carbocycles. The molecule has 1 rings (SSSR count). The monoisotopic (exact) mass is 287 g/mol. The molecule has 0 aromatic carbocycles. The van der Waals surface area contributed by atoms with E-state index in [4.69, 9.17) is 19.9 Å². The topological polar surface area (TPSA) is 53.7 Å². The van der Waals surface area contributed by atoms with Crippen molar-refractivity contribution < 1.29 is 14.2 Å². The van der Waals surface area contributed by atoms with E-state index >= 15 is 0 Å². The van der Waals surface area contributed by atoms with Gasteiger partial charge in [0, 0.05) is 13.7 Å². The Kier molecular flexibility index (Phi) is 9.44. The van der Waals surface area contributed by atoms with Crippen LogP contribution in [0.15, 0.2) is 0 Å². The van der Waals surface area contributed by atoms with Gasteiger partial charge in [-0.25, -0.2) is 0 Å². The summed E-state index contributed by atoms with van der Waals surface area (Å²) in [5.41, 5.74) is 6.39. The Morgan fingerprint density at radius 2 is 1.80 bits per heavy atom. The van der Waals surface area contributed by atoms with E-state index in [1.54, 1.807) is 7.11 Å². The van der Waals surface area contributed by atoms with Gasteiger partial charge < -0.3 is 19.9 Å². The molecule has 4 nitrogen and oxygen atoms in total. The Morgan fingerprint density at radius 1 is 1.10 bits per heavy atom. The van der Waals surface area contributed by atoms with Crippen molar-refractivity contribution in [3.63, 3.8) is 0 Å². The summed E-state index contributed by atoms with van der Waals surface area (Å²) in [6, 6.07) is 0. The molecule has 120 valence electrons. The van der Waals surface area contributed by atoms with E-state index in [1.807, 2.05) is 0 Å². The lowest BCUT2D eigenvalue weighted by molar-refractivity contribution is 0.0104. The molecule has 0 heterocycles. The lowest BCUT2D eigenvalue weighted by Crippen LogP contribution is -2.37. The molecule has 0 aliphatic heterocycles. The van der Waals surface area contributed by atoms with Crippen LogP contribution < -0.4 is 5.73 Å². The van der Waals surface area contributed by atoms with Crippen molar-refractivity contribution in [2.45, 2.75) is 45.4 Å². The highest BCUT2D eigenvalue weighted by Gasteiger charge is 2.34. The van der Waals surface area contributed by atoms with Gasteiger partial charge in [-0.1, -0.05) is 26.2 Å². The van der Waals surface area contributed by atoms with E-state index in [9.17, 15) is 0 Å². The molecule has 0 aromatic heterocycles. The Labute approximate surface area is 124 Å². The van der Waals surface area contributed by atoms with E-state index in [2.05, 4.69) is 6.92 Å². The lowest BCUT2D eigenvalue weighted by atomic mass is 9.67. The third kappa shape index (κ3) is 6.53. The van der Waals surface area contributed by atoms with Crippen LogP contribution in [-0.4, -0.2) is 46.7 Å². The number of hydrogen-bond acceptors (Lipinski definition) is 4. The van der Waals surface area contributed by atoms with Gasteiger partial charge in [0.15, 0.2) is 0 Å². The molecule has 4 heteroatoms. The summed E-state index contributed by atoms with van der Waals surface area (Å²) in [5.74, 6) is 0.865. The van der Waals surface area contributed by atoms with Crippen LogP contribution >= 0.6 is 0 Å². The third-order valence-electron chi connectivity index (χ3n) is 4.63. The fourth-order valence-corrected chi connectivity index (χ4v) is 3.20. The Bertz CT molecular complexity index is 238. The second-order valence-electron chi connectivity index (χ2n) is 6.04. The minimum absolute atomic E-state index is 0.329. The quantitative estimate of drug-likeness (QED) is 0.594. The lowest BCUT2D eigenvalue weighted by Gasteiger charge is -2.40. The van der Waals surface area contributed by atoms with Gasteiger partial charge in [0.1, 0.15) is 0 Å². The minimum Gasteiger partial charge on any atom is -0.382 e. The fraction of sp³-hybridized carbons (Fsp3) is 1.00. The zero-order valence-corrected chi connectivity index (χ0v) is 13.4. The first-order valence-corrected chi connectivity index (χ1v) is 8.11. The molecule has 0 aromatic rings. The number of ether oxygens (including phenoxy) is 3. The molecule has 1 aliphatic carbocycles. The first kappa shape index (κ1) is 17.9. The van der Waals surface area contributed by atoms with Crippen molar-refractivity contribution in [2.24, 2.45) is 17.1 Å². The molecular weight excluding hydrogens is 254 g/mol. The SMILES string of the molecule is CCC1CCCC(CN)(CCOCCOCCOC)C1. The maximum atomic E-state index is 6.06. The molecule has 0 amide bonds. The second-order valence-corrected chi connectivity index (χ2v) is 6.04. The fourth-order valence-electron chi connectivity index (χ4n) is 3.20. The first-order chi connectivity index (χ1) is 9.76. The molecule has 0 bridgehead atoms. The summed E-state index contributed by atoms with van der Waals surface area (Å²) in [6.07, 6.45) is 7.65. The van der Waals surface area contributed by atoms with Gasteiger partial charge >= 0.3 is 0 Å². The van der Waals surface area contributed by atoms with Crippen molar-refractivity contribution in [1.82, 2.24) is 0 Å². The highest BCUT2D eigenvalue weighted by molar-refractivity contribution is 4.87. The summed E-state index contributed by atoms with van der Waals surface area (Å²) >= 11 is 0. The zero-order chi connectivity index (χ0) is 14.7. The van der Waals surface area contributed by atoms with E-state index in [-0.39, 0.29) is 0 Å². The van der Waals surface area contributed by atoms with Crippen molar-refractivity contribution in [3.8, 4) is 0 Å². The first-order valence-electron chi connectivity index (χ1n) is 8.11. The summed E-state index contributed by atoms with van der Waals surface area (Å²) in [4.78, 5) is 0. The Balaban J connectivity index is 2.11. The standard InChI is InChI=1S/C16H33NO3/c1-3-15-5-4-6-16(13-15,14-17)7-8-19-11-12-20-10-9-18-2/h15H,3-14,17H2,1-2H3. The Hall–Kier alpha value is -0.160. The maximum absolute atomic E-state index is 6.06. The predicted octanol–water partition coefficient (Wildman–Crippen LogP) is 2.60. The molecule has 0 spiro atoms. The van der Waals surface area contributed by atoms with Gasteiger partial charge in [-0.15, -0.1) is 0 Å². The minimum atomic E-state index is 0.329. The van der Waals surface area contributed by atoms with E-state index in [1.165, 1.54) is 32.1 Å². The molecule has 2 atom stereocenters. The van der Waals surface area contributed by atoms with Crippen molar-refractivity contribution in [1.29, 1.82) is 0 Å². The summed E-state index contributed by atoms with van der Waals surface area (Å²) in [5, 5.41) is 0. The average Bonchev–Trinajstić information content (AvgIpc) is 2.50. The normalized spacial score (nSPS) is 26.9. The van der Waals surface area contributed by atoms with Gasteiger partial charge in [-0.05, 0) is 37.1 Å². The molecule has 20 heavy (non-hydrogen) atoms. The largest absolute Gasteiger partial charge is 0.382 e.